The van der Waals surface area contributed by atoms with Crippen LogP contribution in [0.1, 0.15) is 39.2 Å². The lowest BCUT2D eigenvalue weighted by Crippen LogP contribution is -2.46. The first-order chi connectivity index (χ1) is 12.9. The van der Waals surface area contributed by atoms with E-state index in [1.165, 1.54) is 4.31 Å². The van der Waals surface area contributed by atoms with Gasteiger partial charge in [-0.15, -0.1) is 6.42 Å². The summed E-state index contributed by atoms with van der Waals surface area (Å²) < 4.78 is 34.2. The van der Waals surface area contributed by atoms with Crippen molar-refractivity contribution in [1.82, 2.24) is 4.31 Å². The second kappa shape index (κ2) is 8.54. The lowest BCUT2D eigenvalue weighted by molar-refractivity contribution is 0.193. The van der Waals surface area contributed by atoms with Crippen molar-refractivity contribution in [3.05, 3.63) is 42.0 Å². The molecular formula is C22H33NO3SSi. The SMILES string of the molecule is C#CCN([C@H]1C=C[C@@H](O[Si](C)(C)C(C)(C)C)CC1)S(=O)(=O)c1ccc(C)cc1. The summed E-state index contributed by atoms with van der Waals surface area (Å²) in [6, 6.07) is 6.65. The van der Waals surface area contributed by atoms with E-state index in [0.29, 0.717) is 6.42 Å². The van der Waals surface area contributed by atoms with Gasteiger partial charge in [0, 0.05) is 6.04 Å². The molecule has 2 atom stereocenters. The second-order valence-electron chi connectivity index (χ2n) is 9.01. The summed E-state index contributed by atoms with van der Waals surface area (Å²) >= 11 is 0. The Morgan fingerprint density at radius 1 is 1.18 bits per heavy atom. The van der Waals surface area contributed by atoms with Gasteiger partial charge in [-0.25, -0.2) is 8.42 Å². The Hall–Kier alpha value is -1.39. The molecule has 0 unspecified atom stereocenters. The minimum atomic E-state index is -3.65. The van der Waals surface area contributed by atoms with Crippen LogP contribution in [0.5, 0.6) is 0 Å². The molecule has 1 aromatic rings. The molecule has 1 aliphatic carbocycles. The average molecular weight is 420 g/mol. The minimum absolute atomic E-state index is 0.0342. The van der Waals surface area contributed by atoms with Crippen molar-refractivity contribution >= 4 is 18.3 Å². The van der Waals surface area contributed by atoms with Gasteiger partial charge in [0.2, 0.25) is 10.0 Å². The van der Waals surface area contributed by atoms with Crippen molar-refractivity contribution in [1.29, 1.82) is 0 Å². The van der Waals surface area contributed by atoms with Gasteiger partial charge in [-0.05, 0) is 50.0 Å². The summed E-state index contributed by atoms with van der Waals surface area (Å²) in [6.07, 6.45) is 11.0. The van der Waals surface area contributed by atoms with Gasteiger partial charge in [0.25, 0.3) is 0 Å². The monoisotopic (exact) mass is 419 g/mol. The molecule has 0 aliphatic heterocycles. The van der Waals surface area contributed by atoms with Gasteiger partial charge in [-0.2, -0.15) is 4.31 Å². The largest absolute Gasteiger partial charge is 0.411 e. The Balaban J connectivity index is 2.20. The van der Waals surface area contributed by atoms with Crippen LogP contribution >= 0.6 is 0 Å². The maximum absolute atomic E-state index is 13.1. The van der Waals surface area contributed by atoms with Crippen LogP contribution < -0.4 is 0 Å². The van der Waals surface area contributed by atoms with Gasteiger partial charge >= 0.3 is 0 Å². The van der Waals surface area contributed by atoms with Crippen molar-refractivity contribution in [3.8, 4) is 12.3 Å². The summed E-state index contributed by atoms with van der Waals surface area (Å²) in [5, 5.41) is 0.141. The number of hydrogen-bond acceptors (Lipinski definition) is 3. The van der Waals surface area contributed by atoms with Crippen molar-refractivity contribution in [2.45, 2.75) is 75.7 Å². The third kappa shape index (κ3) is 5.15. The summed E-state index contributed by atoms with van der Waals surface area (Å²) in [6.45, 7) is 13.1. The topological polar surface area (TPSA) is 46.6 Å². The Labute approximate surface area is 172 Å². The Kier molecular flexibility index (Phi) is 6.98. The molecule has 0 spiro atoms. The molecule has 0 amide bonds. The third-order valence-corrected chi connectivity index (χ3v) is 12.2. The van der Waals surface area contributed by atoms with E-state index in [1.54, 1.807) is 24.3 Å². The van der Waals surface area contributed by atoms with Crippen LogP contribution in [-0.2, 0) is 14.4 Å². The Morgan fingerprint density at radius 2 is 1.79 bits per heavy atom. The summed E-state index contributed by atoms with van der Waals surface area (Å²) in [5.41, 5.74) is 1.02. The molecule has 1 aliphatic rings. The number of hydrogen-bond donors (Lipinski definition) is 0. The van der Waals surface area contributed by atoms with Crippen LogP contribution in [0.2, 0.25) is 18.1 Å². The van der Waals surface area contributed by atoms with Crippen molar-refractivity contribution in [2.24, 2.45) is 0 Å². The summed E-state index contributed by atoms with van der Waals surface area (Å²) in [7, 11) is -5.51. The first-order valence-electron chi connectivity index (χ1n) is 9.76. The molecule has 6 heteroatoms. The zero-order valence-corrected chi connectivity index (χ0v) is 19.7. The molecule has 4 nitrogen and oxygen atoms in total. The standard InChI is InChI=1S/C22H33NO3SSi/c1-8-17-23(27(24,25)21-15-9-18(2)10-16-21)19-11-13-20(14-12-19)26-28(6,7)22(3,4)5/h1,9-11,13,15-16,19-20H,12,14,17H2,2-7H3/t19-,20+/m0/s1. The maximum atomic E-state index is 13.1. The van der Waals surface area contributed by atoms with Crippen molar-refractivity contribution in [3.63, 3.8) is 0 Å². The Morgan fingerprint density at radius 3 is 2.25 bits per heavy atom. The number of terminal acetylenes is 1. The predicted molar refractivity (Wildman–Crippen MR) is 118 cm³/mol. The quantitative estimate of drug-likeness (QED) is 0.380. The van der Waals surface area contributed by atoms with Crippen molar-refractivity contribution in [2.75, 3.05) is 6.54 Å². The first kappa shape index (κ1) is 22.9. The zero-order chi connectivity index (χ0) is 21.2. The van der Waals surface area contributed by atoms with Gasteiger partial charge in [-0.3, -0.25) is 0 Å². The fourth-order valence-electron chi connectivity index (χ4n) is 2.99. The van der Waals surface area contributed by atoms with Crippen LogP contribution in [0.15, 0.2) is 41.3 Å². The zero-order valence-electron chi connectivity index (χ0n) is 17.9. The van der Waals surface area contributed by atoms with E-state index in [0.717, 1.165) is 12.0 Å². The van der Waals surface area contributed by atoms with Gasteiger partial charge in [0.1, 0.15) is 0 Å². The van der Waals surface area contributed by atoms with Crippen LogP contribution in [0.3, 0.4) is 0 Å². The molecule has 0 fully saturated rings. The highest BCUT2D eigenvalue weighted by Gasteiger charge is 2.40. The number of nitrogens with zero attached hydrogens (tertiary/aromatic N) is 1. The van der Waals surface area contributed by atoms with E-state index in [-0.39, 0.29) is 28.6 Å². The molecule has 0 aromatic heterocycles. The highest BCUT2D eigenvalue weighted by Crippen LogP contribution is 2.38. The molecule has 28 heavy (non-hydrogen) atoms. The van der Waals surface area contributed by atoms with E-state index in [1.807, 2.05) is 19.1 Å². The highest BCUT2D eigenvalue weighted by molar-refractivity contribution is 7.89. The average Bonchev–Trinajstić information content (AvgIpc) is 2.59. The molecule has 0 N–H and O–H groups in total. The highest BCUT2D eigenvalue weighted by atomic mass is 32.2. The lowest BCUT2D eigenvalue weighted by Gasteiger charge is -2.40. The smallest absolute Gasteiger partial charge is 0.244 e. The van der Waals surface area contributed by atoms with Gasteiger partial charge < -0.3 is 4.43 Å². The number of sulfonamides is 1. The van der Waals surface area contributed by atoms with Gasteiger partial charge in [-0.1, -0.05) is 56.5 Å². The Bertz CT molecular complexity index is 845. The lowest BCUT2D eigenvalue weighted by atomic mass is 10.0. The third-order valence-electron chi connectivity index (χ3n) is 5.79. The molecular weight excluding hydrogens is 386 g/mol. The molecule has 0 radical (unpaired) electrons. The first-order valence-corrected chi connectivity index (χ1v) is 14.1. The van der Waals surface area contributed by atoms with E-state index in [9.17, 15) is 8.42 Å². The number of rotatable bonds is 6. The fraction of sp³-hybridized carbons (Fsp3) is 0.545. The van der Waals surface area contributed by atoms with Gasteiger partial charge in [0.05, 0.1) is 17.5 Å². The van der Waals surface area contributed by atoms with Crippen LogP contribution in [-0.4, -0.2) is 39.7 Å². The molecule has 2 rings (SSSR count). The van der Waals surface area contributed by atoms with E-state index < -0.39 is 18.3 Å². The predicted octanol–water partition coefficient (Wildman–Crippen LogP) is 4.73. The molecule has 0 bridgehead atoms. The van der Waals surface area contributed by atoms with E-state index in [4.69, 9.17) is 10.8 Å². The van der Waals surface area contributed by atoms with E-state index >= 15 is 0 Å². The summed E-state index contributed by atoms with van der Waals surface area (Å²) in [4.78, 5) is 0.279. The molecule has 0 saturated heterocycles. The number of aryl methyl sites for hydroxylation is 1. The molecule has 0 saturated carbocycles. The number of benzene rings is 1. The summed E-state index contributed by atoms with van der Waals surface area (Å²) in [5.74, 6) is 2.51. The molecule has 1 aromatic carbocycles. The van der Waals surface area contributed by atoms with Crippen molar-refractivity contribution < 1.29 is 12.8 Å². The maximum Gasteiger partial charge on any atom is 0.244 e. The molecule has 154 valence electrons. The minimum Gasteiger partial charge on any atom is -0.411 e. The normalized spacial score (nSPS) is 20.9. The van der Waals surface area contributed by atoms with Crippen LogP contribution in [0, 0.1) is 19.3 Å². The van der Waals surface area contributed by atoms with Crippen LogP contribution in [0.25, 0.3) is 0 Å². The van der Waals surface area contributed by atoms with E-state index in [2.05, 4.69) is 39.8 Å². The fourth-order valence-corrected chi connectivity index (χ4v) is 5.82. The molecule has 0 heterocycles. The second-order valence-corrected chi connectivity index (χ2v) is 15.7. The van der Waals surface area contributed by atoms with Crippen LogP contribution in [0.4, 0.5) is 0 Å². The van der Waals surface area contributed by atoms with Gasteiger partial charge in [0.15, 0.2) is 8.32 Å².